The minimum absolute atomic E-state index is 0. The first-order chi connectivity index (χ1) is 18.8. The van der Waals surface area contributed by atoms with Crippen LogP contribution in [0.2, 0.25) is 0 Å². The van der Waals surface area contributed by atoms with Gasteiger partial charge in [0, 0.05) is 31.0 Å². The SMILES string of the molecule is CS(=O)(=O)NC(=O)c1ccc(-c2ccc(OCCNC[C@H](O)c3cccnc3)cc2)cc1OC1CCCCC1.Cl.Cl. The van der Waals surface area contributed by atoms with E-state index in [4.69, 9.17) is 9.47 Å². The normalized spacial score (nSPS) is 14.2. The van der Waals surface area contributed by atoms with Crippen LogP contribution in [-0.2, 0) is 10.0 Å². The Balaban J connectivity index is 0.00000294. The van der Waals surface area contributed by atoms with Gasteiger partial charge in [0.25, 0.3) is 5.91 Å². The Labute approximate surface area is 253 Å². The predicted molar refractivity (Wildman–Crippen MR) is 164 cm³/mol. The molecule has 0 saturated heterocycles. The number of nitrogens with zero attached hydrogens (tertiary/aromatic N) is 1. The Morgan fingerprint density at radius 3 is 2.41 bits per heavy atom. The minimum Gasteiger partial charge on any atom is -0.492 e. The molecule has 1 atom stereocenters. The predicted octanol–water partition coefficient (Wildman–Crippen LogP) is 4.70. The number of rotatable bonds is 12. The maximum atomic E-state index is 12.7. The lowest BCUT2D eigenvalue weighted by Gasteiger charge is -2.24. The van der Waals surface area contributed by atoms with Crippen molar-refractivity contribution in [3.8, 4) is 22.6 Å². The fourth-order valence-corrected chi connectivity index (χ4v) is 4.93. The standard InChI is InChI=1S/C29H35N3O6S.2ClH/c1-39(35,36)32-29(34)26-14-11-22(18-28(26)38-25-7-3-2-4-8-25)21-9-12-24(13-10-21)37-17-16-31-20-27(33)23-6-5-15-30-19-23;;/h5-6,9-15,18-19,25,27,31,33H,2-4,7-8,16-17,20H2,1H3,(H,32,34);2*1H/t27-;;/m0../s1. The lowest BCUT2D eigenvalue weighted by atomic mass is 9.97. The molecule has 1 fully saturated rings. The minimum atomic E-state index is -3.71. The molecule has 3 N–H and O–H groups in total. The van der Waals surface area contributed by atoms with Gasteiger partial charge in [-0.2, -0.15) is 0 Å². The average Bonchev–Trinajstić information content (AvgIpc) is 2.93. The zero-order valence-electron chi connectivity index (χ0n) is 22.8. The molecule has 0 bridgehead atoms. The van der Waals surface area contributed by atoms with E-state index in [1.807, 2.05) is 35.1 Å². The number of aliphatic hydroxyl groups excluding tert-OH is 1. The highest BCUT2D eigenvalue weighted by atomic mass is 35.5. The number of nitrogens with one attached hydrogen (secondary N) is 2. The van der Waals surface area contributed by atoms with Crippen molar-refractivity contribution in [3.05, 3.63) is 78.1 Å². The maximum absolute atomic E-state index is 12.7. The summed E-state index contributed by atoms with van der Waals surface area (Å²) in [6.07, 6.45) is 8.74. The number of benzene rings is 2. The first kappa shape index (κ1) is 34.3. The first-order valence-electron chi connectivity index (χ1n) is 13.1. The molecule has 2 aromatic carbocycles. The summed E-state index contributed by atoms with van der Waals surface area (Å²) in [7, 11) is -3.71. The molecule has 1 amide bonds. The molecule has 9 nitrogen and oxygen atoms in total. The Bertz CT molecular complexity index is 1340. The summed E-state index contributed by atoms with van der Waals surface area (Å²) in [5.74, 6) is 0.372. The number of amides is 1. The lowest BCUT2D eigenvalue weighted by molar-refractivity contribution is 0.0969. The summed E-state index contributed by atoms with van der Waals surface area (Å²) in [5.41, 5.74) is 2.70. The van der Waals surface area contributed by atoms with Gasteiger partial charge in [-0.15, -0.1) is 24.8 Å². The number of sulfonamides is 1. The van der Waals surface area contributed by atoms with Crippen LogP contribution in [0, 0.1) is 0 Å². The highest BCUT2D eigenvalue weighted by Gasteiger charge is 2.21. The molecule has 12 heteroatoms. The van der Waals surface area contributed by atoms with Gasteiger partial charge < -0.3 is 19.9 Å². The molecule has 0 aliphatic heterocycles. The lowest BCUT2D eigenvalue weighted by Crippen LogP contribution is -2.30. The number of hydrogen-bond acceptors (Lipinski definition) is 8. The van der Waals surface area contributed by atoms with Crippen LogP contribution < -0.4 is 19.5 Å². The van der Waals surface area contributed by atoms with Gasteiger partial charge in [0.1, 0.15) is 18.1 Å². The van der Waals surface area contributed by atoms with Crippen LogP contribution in [0.15, 0.2) is 67.0 Å². The molecule has 3 aromatic rings. The third-order valence-electron chi connectivity index (χ3n) is 6.49. The van der Waals surface area contributed by atoms with E-state index in [2.05, 4.69) is 10.3 Å². The number of aliphatic hydroxyl groups is 1. The van der Waals surface area contributed by atoms with Gasteiger partial charge in [0.2, 0.25) is 10.0 Å². The largest absolute Gasteiger partial charge is 0.492 e. The number of ether oxygens (including phenoxy) is 2. The second-order valence-corrected chi connectivity index (χ2v) is 11.4. The number of aromatic nitrogens is 1. The van der Waals surface area contributed by atoms with Crippen molar-refractivity contribution in [2.75, 3.05) is 26.0 Å². The van der Waals surface area contributed by atoms with Crippen molar-refractivity contribution in [2.24, 2.45) is 0 Å². The number of halogens is 2. The zero-order valence-corrected chi connectivity index (χ0v) is 25.3. The zero-order chi connectivity index (χ0) is 27.7. The van der Waals surface area contributed by atoms with Crippen molar-refractivity contribution in [3.63, 3.8) is 0 Å². The van der Waals surface area contributed by atoms with Gasteiger partial charge in [-0.3, -0.25) is 9.78 Å². The fraction of sp³-hybridized carbons (Fsp3) is 0.379. The Morgan fingerprint density at radius 2 is 1.76 bits per heavy atom. The van der Waals surface area contributed by atoms with E-state index in [9.17, 15) is 18.3 Å². The molecule has 1 aliphatic carbocycles. The maximum Gasteiger partial charge on any atom is 0.268 e. The smallest absolute Gasteiger partial charge is 0.268 e. The Hall–Kier alpha value is -2.89. The molecule has 1 saturated carbocycles. The average molecular weight is 627 g/mol. The summed E-state index contributed by atoms with van der Waals surface area (Å²) in [6.45, 7) is 1.40. The second kappa shape index (κ2) is 16.5. The number of pyridine rings is 1. The van der Waals surface area contributed by atoms with Crippen molar-refractivity contribution in [1.29, 1.82) is 0 Å². The van der Waals surface area contributed by atoms with Crippen molar-refractivity contribution >= 4 is 40.7 Å². The van der Waals surface area contributed by atoms with Gasteiger partial charge in [-0.05, 0) is 67.1 Å². The van der Waals surface area contributed by atoms with Crippen molar-refractivity contribution in [2.45, 2.75) is 44.3 Å². The molecule has 0 spiro atoms. The first-order valence-corrected chi connectivity index (χ1v) is 15.0. The fourth-order valence-electron chi connectivity index (χ4n) is 4.49. The molecular weight excluding hydrogens is 589 g/mol. The van der Waals surface area contributed by atoms with Crippen LogP contribution in [0.3, 0.4) is 0 Å². The highest BCUT2D eigenvalue weighted by molar-refractivity contribution is 7.89. The van der Waals surface area contributed by atoms with Crippen LogP contribution >= 0.6 is 24.8 Å². The molecule has 4 rings (SSSR count). The molecule has 0 radical (unpaired) electrons. The molecule has 224 valence electrons. The van der Waals surface area contributed by atoms with Gasteiger partial charge in [0.15, 0.2) is 0 Å². The third-order valence-corrected chi connectivity index (χ3v) is 7.05. The van der Waals surface area contributed by atoms with Gasteiger partial charge in [0.05, 0.1) is 24.0 Å². The molecule has 0 unspecified atom stereocenters. The van der Waals surface area contributed by atoms with Gasteiger partial charge >= 0.3 is 0 Å². The van der Waals surface area contributed by atoms with Crippen LogP contribution in [0.1, 0.15) is 54.1 Å². The van der Waals surface area contributed by atoms with Crippen molar-refractivity contribution < 1.29 is 27.8 Å². The second-order valence-electron chi connectivity index (χ2n) is 9.67. The Morgan fingerprint density at radius 1 is 1.05 bits per heavy atom. The van der Waals surface area contributed by atoms with Crippen LogP contribution in [0.5, 0.6) is 11.5 Å². The molecule has 1 heterocycles. The molecule has 1 aliphatic rings. The van der Waals surface area contributed by atoms with Gasteiger partial charge in [-0.1, -0.05) is 30.7 Å². The molecule has 41 heavy (non-hydrogen) atoms. The van der Waals surface area contributed by atoms with E-state index in [1.165, 1.54) is 6.42 Å². The summed E-state index contributed by atoms with van der Waals surface area (Å²) in [6, 6.07) is 16.4. The van der Waals surface area contributed by atoms with Gasteiger partial charge in [-0.25, -0.2) is 13.1 Å². The number of carbonyl (C=O) groups is 1. The van der Waals surface area contributed by atoms with E-state index >= 15 is 0 Å². The van der Waals surface area contributed by atoms with Crippen LogP contribution in [0.4, 0.5) is 0 Å². The van der Waals surface area contributed by atoms with Crippen molar-refractivity contribution in [1.82, 2.24) is 15.0 Å². The quantitative estimate of drug-likeness (QED) is 0.247. The molecule has 1 aromatic heterocycles. The van der Waals surface area contributed by atoms with E-state index in [1.54, 1.807) is 36.7 Å². The molecular formula is C29H37Cl2N3O6S. The Kier molecular flexibility index (Phi) is 13.8. The summed E-state index contributed by atoms with van der Waals surface area (Å²) in [5, 5.41) is 13.4. The van der Waals surface area contributed by atoms with Crippen LogP contribution in [0.25, 0.3) is 11.1 Å². The summed E-state index contributed by atoms with van der Waals surface area (Å²) < 4.78 is 37.3. The number of carbonyl (C=O) groups excluding carboxylic acids is 1. The third kappa shape index (κ3) is 10.8. The summed E-state index contributed by atoms with van der Waals surface area (Å²) >= 11 is 0. The van der Waals surface area contributed by atoms with E-state index < -0.39 is 22.0 Å². The van der Waals surface area contributed by atoms with E-state index in [-0.39, 0.29) is 36.5 Å². The van der Waals surface area contributed by atoms with E-state index in [0.717, 1.165) is 48.6 Å². The topological polar surface area (TPSA) is 127 Å². The monoisotopic (exact) mass is 625 g/mol. The van der Waals surface area contributed by atoms with Crippen LogP contribution in [-0.4, -0.2) is 56.5 Å². The number of hydrogen-bond donors (Lipinski definition) is 3. The highest BCUT2D eigenvalue weighted by Crippen LogP contribution is 2.32. The summed E-state index contributed by atoms with van der Waals surface area (Å²) in [4.78, 5) is 16.7. The van der Waals surface area contributed by atoms with E-state index in [0.29, 0.717) is 31.2 Å².